The molecular weight excluding hydrogens is 238 g/mol. The van der Waals surface area contributed by atoms with Crippen LogP contribution in [-0.4, -0.2) is 29.9 Å². The monoisotopic (exact) mass is 261 g/mol. The lowest BCUT2D eigenvalue weighted by molar-refractivity contribution is -0.142. The van der Waals surface area contributed by atoms with E-state index in [1.54, 1.807) is 0 Å². The molecule has 4 fully saturated rings. The number of carbonyl (C=O) groups is 1. The van der Waals surface area contributed by atoms with Crippen molar-refractivity contribution in [3.63, 3.8) is 0 Å². The lowest BCUT2D eigenvalue weighted by Gasteiger charge is -2.57. The first-order valence-electron chi connectivity index (χ1n) is 7.59. The van der Waals surface area contributed by atoms with Gasteiger partial charge in [0, 0.05) is 12.6 Å². The zero-order valence-electron chi connectivity index (χ0n) is 11.4. The number of rotatable bonds is 4. The minimum absolute atomic E-state index is 0.0349. The Morgan fingerprint density at radius 1 is 1.16 bits per heavy atom. The maximum atomic E-state index is 12.1. The van der Waals surface area contributed by atoms with Crippen LogP contribution in [0.4, 0.5) is 0 Å². The number of amides is 1. The van der Waals surface area contributed by atoms with Gasteiger partial charge in [0.2, 0.25) is 5.91 Å². The van der Waals surface area contributed by atoms with Crippen LogP contribution in [0.5, 0.6) is 0 Å². The molecule has 4 heteroatoms. The van der Waals surface area contributed by atoms with Gasteiger partial charge in [-0.25, -0.2) is 0 Å². The van der Waals surface area contributed by atoms with E-state index in [9.17, 15) is 4.79 Å². The summed E-state index contributed by atoms with van der Waals surface area (Å²) < 4.78 is 0. The number of nitriles is 1. The predicted molar refractivity (Wildman–Crippen MR) is 71.8 cm³/mol. The summed E-state index contributed by atoms with van der Waals surface area (Å²) in [5.74, 6) is 3.19. The minimum atomic E-state index is 0.0349. The second kappa shape index (κ2) is 5.13. The van der Waals surface area contributed by atoms with Crippen LogP contribution in [0.1, 0.15) is 38.5 Å². The highest BCUT2D eigenvalue weighted by Gasteiger charge is 2.50. The van der Waals surface area contributed by atoms with Gasteiger partial charge >= 0.3 is 0 Å². The third kappa shape index (κ3) is 2.25. The average molecular weight is 261 g/mol. The molecule has 0 saturated heterocycles. The summed E-state index contributed by atoms with van der Waals surface area (Å²) >= 11 is 0. The summed E-state index contributed by atoms with van der Waals surface area (Å²) in [4.78, 5) is 14.1. The Morgan fingerprint density at radius 3 is 2.21 bits per heavy atom. The predicted octanol–water partition coefficient (Wildman–Crippen LogP) is 1.51. The summed E-state index contributed by atoms with van der Waals surface area (Å²) in [5.41, 5.74) is 5.56. The average Bonchev–Trinajstić information content (AvgIpc) is 2.40. The molecule has 0 spiro atoms. The van der Waals surface area contributed by atoms with Crippen molar-refractivity contribution in [2.45, 2.75) is 44.6 Å². The van der Waals surface area contributed by atoms with Crippen molar-refractivity contribution in [2.75, 3.05) is 13.1 Å². The van der Waals surface area contributed by atoms with Crippen LogP contribution >= 0.6 is 0 Å². The lowest BCUT2D eigenvalue weighted by Crippen LogP contribution is -2.58. The molecule has 19 heavy (non-hydrogen) atoms. The summed E-state index contributed by atoms with van der Waals surface area (Å²) in [7, 11) is 0. The molecule has 4 nitrogen and oxygen atoms in total. The molecule has 0 aromatic rings. The molecule has 1 amide bonds. The van der Waals surface area contributed by atoms with Crippen molar-refractivity contribution in [1.29, 1.82) is 5.26 Å². The van der Waals surface area contributed by atoms with Crippen LogP contribution in [0.25, 0.3) is 0 Å². The van der Waals surface area contributed by atoms with Gasteiger partial charge in [0.05, 0.1) is 19.0 Å². The first kappa shape index (κ1) is 12.9. The molecule has 0 radical (unpaired) electrons. The van der Waals surface area contributed by atoms with Crippen LogP contribution in [-0.2, 0) is 4.79 Å². The van der Waals surface area contributed by atoms with Gasteiger partial charge in [0.15, 0.2) is 0 Å². The Kier molecular flexibility index (Phi) is 3.49. The van der Waals surface area contributed by atoms with Gasteiger partial charge in [-0.1, -0.05) is 0 Å². The first-order valence-corrected chi connectivity index (χ1v) is 7.59. The molecule has 0 aromatic carbocycles. The van der Waals surface area contributed by atoms with E-state index in [4.69, 9.17) is 11.0 Å². The third-order valence-electron chi connectivity index (χ3n) is 5.50. The van der Waals surface area contributed by atoms with E-state index in [-0.39, 0.29) is 12.5 Å². The Bertz CT molecular complexity index is 373. The zero-order valence-corrected chi connectivity index (χ0v) is 11.4. The minimum Gasteiger partial charge on any atom is -0.337 e. The van der Waals surface area contributed by atoms with E-state index >= 15 is 0 Å². The Morgan fingerprint density at radius 2 is 1.74 bits per heavy atom. The van der Waals surface area contributed by atoms with Crippen molar-refractivity contribution >= 4 is 5.91 Å². The summed E-state index contributed by atoms with van der Waals surface area (Å²) in [5, 5.41) is 8.80. The fraction of sp³-hybridized carbons (Fsp3) is 0.867. The normalized spacial score (nSPS) is 39.1. The van der Waals surface area contributed by atoms with Gasteiger partial charge in [-0.15, -0.1) is 0 Å². The van der Waals surface area contributed by atoms with Gasteiger partial charge in [0.1, 0.15) is 0 Å². The van der Waals surface area contributed by atoms with E-state index in [1.165, 1.54) is 32.1 Å². The molecule has 0 heterocycles. The molecule has 0 unspecified atom stereocenters. The Hall–Kier alpha value is -1.08. The topological polar surface area (TPSA) is 70.1 Å². The fourth-order valence-corrected chi connectivity index (χ4v) is 5.13. The van der Waals surface area contributed by atoms with Crippen molar-refractivity contribution in [2.24, 2.45) is 29.4 Å². The number of carbonyl (C=O) groups excluding carboxylic acids is 1. The number of hydrogen-bond donors (Lipinski definition) is 1. The molecule has 4 aliphatic rings. The molecule has 4 saturated carbocycles. The Balaban J connectivity index is 1.78. The van der Waals surface area contributed by atoms with E-state index in [1.807, 2.05) is 4.90 Å². The molecule has 4 aliphatic carbocycles. The van der Waals surface area contributed by atoms with E-state index in [0.717, 1.165) is 11.8 Å². The largest absolute Gasteiger partial charge is 0.337 e. The lowest BCUT2D eigenvalue weighted by atomic mass is 9.54. The van der Waals surface area contributed by atoms with Gasteiger partial charge in [-0.2, -0.15) is 5.26 Å². The molecule has 104 valence electrons. The second-order valence-electron chi connectivity index (χ2n) is 6.62. The molecule has 4 bridgehead atoms. The van der Waals surface area contributed by atoms with Gasteiger partial charge in [-0.3, -0.25) is 4.79 Å². The number of hydrogen-bond acceptors (Lipinski definition) is 3. The quantitative estimate of drug-likeness (QED) is 0.834. The molecule has 4 rings (SSSR count). The highest BCUT2D eigenvalue weighted by molar-refractivity contribution is 5.78. The highest BCUT2D eigenvalue weighted by Crippen LogP contribution is 2.55. The van der Waals surface area contributed by atoms with Crippen molar-refractivity contribution < 1.29 is 4.79 Å². The van der Waals surface area contributed by atoms with Crippen molar-refractivity contribution in [3.05, 3.63) is 0 Å². The van der Waals surface area contributed by atoms with Crippen molar-refractivity contribution in [1.82, 2.24) is 4.90 Å². The molecular formula is C15H23N3O. The Labute approximate surface area is 114 Å². The summed E-state index contributed by atoms with van der Waals surface area (Å²) in [6.45, 7) is 0.647. The summed E-state index contributed by atoms with van der Waals surface area (Å²) in [6.07, 6.45) is 7.01. The standard InChI is InChI=1S/C15H23N3O/c16-2-1-3-18(14(19)9-17)15-12-5-10-4-11(7-12)8-13(15)6-10/h10-13,15H,1,3-9,17H2. The van der Waals surface area contributed by atoms with Crippen LogP contribution in [0.15, 0.2) is 0 Å². The first-order chi connectivity index (χ1) is 9.22. The maximum absolute atomic E-state index is 12.1. The smallest absolute Gasteiger partial charge is 0.236 e. The van der Waals surface area contributed by atoms with Crippen LogP contribution in [0.2, 0.25) is 0 Å². The van der Waals surface area contributed by atoms with E-state index < -0.39 is 0 Å². The van der Waals surface area contributed by atoms with E-state index in [2.05, 4.69) is 6.07 Å². The SMILES string of the molecule is N#CCCN(C(=O)CN)C1C2CC3CC(C2)CC1C3. The third-order valence-corrected chi connectivity index (χ3v) is 5.50. The van der Waals surface area contributed by atoms with Gasteiger partial charge in [0.25, 0.3) is 0 Å². The van der Waals surface area contributed by atoms with Gasteiger partial charge in [-0.05, 0) is 55.8 Å². The van der Waals surface area contributed by atoms with Crippen LogP contribution in [0, 0.1) is 35.0 Å². The van der Waals surface area contributed by atoms with Crippen LogP contribution < -0.4 is 5.73 Å². The fourth-order valence-electron chi connectivity index (χ4n) is 5.13. The van der Waals surface area contributed by atoms with Crippen LogP contribution in [0.3, 0.4) is 0 Å². The molecule has 2 N–H and O–H groups in total. The summed E-state index contributed by atoms with van der Waals surface area (Å²) in [6, 6.07) is 2.54. The molecule has 0 aromatic heterocycles. The van der Waals surface area contributed by atoms with E-state index in [0.29, 0.717) is 30.8 Å². The number of nitrogens with two attached hydrogens (primary N) is 1. The van der Waals surface area contributed by atoms with Gasteiger partial charge < -0.3 is 10.6 Å². The highest BCUT2D eigenvalue weighted by atomic mass is 16.2. The maximum Gasteiger partial charge on any atom is 0.236 e. The zero-order chi connectivity index (χ0) is 13.4. The van der Waals surface area contributed by atoms with Crippen molar-refractivity contribution in [3.8, 4) is 6.07 Å². The molecule has 0 aliphatic heterocycles. The second-order valence-corrected chi connectivity index (χ2v) is 6.62. The number of nitrogens with zero attached hydrogens (tertiary/aromatic N) is 2. The molecule has 0 atom stereocenters.